The molecule has 0 aromatic heterocycles. The van der Waals surface area contributed by atoms with Gasteiger partial charge in [-0.2, -0.15) is 8.78 Å². The highest BCUT2D eigenvalue weighted by molar-refractivity contribution is 5.85. The number of alkyl halides is 2. The van der Waals surface area contributed by atoms with E-state index in [1.54, 1.807) is 12.1 Å². The van der Waals surface area contributed by atoms with Crippen LogP contribution in [0, 0.1) is 5.92 Å². The summed E-state index contributed by atoms with van der Waals surface area (Å²) in [5, 5.41) is 0. The van der Waals surface area contributed by atoms with Crippen molar-refractivity contribution >= 4 is 12.4 Å². The Morgan fingerprint density at radius 2 is 2.00 bits per heavy atom. The number of hydrogen-bond donors (Lipinski definition) is 1. The maximum atomic E-state index is 12.0. The van der Waals surface area contributed by atoms with E-state index in [4.69, 9.17) is 5.73 Å². The molecule has 0 bridgehead atoms. The van der Waals surface area contributed by atoms with E-state index in [-0.39, 0.29) is 24.2 Å². The molecule has 1 saturated heterocycles. The van der Waals surface area contributed by atoms with Crippen LogP contribution in [0.15, 0.2) is 24.3 Å². The standard InChI is InChI=1S/C14H20F2N2O.ClH/c1-10(17)12-6-7-18(9-12)8-11-2-4-13(5-3-11)19-14(15)16;/h2-5,10,12,14H,6-9,17H2,1H3;1H. The Kier molecular flexibility index (Phi) is 6.65. The minimum atomic E-state index is -2.77. The normalized spacial score (nSPS) is 20.8. The van der Waals surface area contributed by atoms with Crippen LogP contribution in [0.4, 0.5) is 8.78 Å². The molecule has 1 heterocycles. The molecule has 0 spiro atoms. The van der Waals surface area contributed by atoms with Crippen LogP contribution in [0.5, 0.6) is 5.75 Å². The second-order valence-corrected chi connectivity index (χ2v) is 5.17. The van der Waals surface area contributed by atoms with Crippen LogP contribution >= 0.6 is 12.4 Å². The average Bonchev–Trinajstić information content (AvgIpc) is 2.80. The van der Waals surface area contributed by atoms with E-state index in [1.807, 2.05) is 19.1 Å². The van der Waals surface area contributed by atoms with E-state index in [0.29, 0.717) is 5.92 Å². The van der Waals surface area contributed by atoms with E-state index < -0.39 is 6.61 Å². The van der Waals surface area contributed by atoms with Crippen molar-refractivity contribution in [2.75, 3.05) is 13.1 Å². The van der Waals surface area contributed by atoms with E-state index in [9.17, 15) is 8.78 Å². The summed E-state index contributed by atoms with van der Waals surface area (Å²) < 4.78 is 28.4. The first-order valence-corrected chi connectivity index (χ1v) is 6.56. The Labute approximate surface area is 124 Å². The van der Waals surface area contributed by atoms with Gasteiger partial charge in [-0.1, -0.05) is 12.1 Å². The Hall–Kier alpha value is -0.910. The molecule has 2 atom stereocenters. The van der Waals surface area contributed by atoms with Gasteiger partial charge in [0, 0.05) is 19.1 Å². The van der Waals surface area contributed by atoms with Crippen molar-refractivity contribution in [1.82, 2.24) is 4.90 Å². The van der Waals surface area contributed by atoms with Crippen LogP contribution in [-0.2, 0) is 6.54 Å². The van der Waals surface area contributed by atoms with Gasteiger partial charge in [-0.05, 0) is 43.5 Å². The summed E-state index contributed by atoms with van der Waals surface area (Å²) in [5.74, 6) is 0.759. The number of hydrogen-bond acceptors (Lipinski definition) is 3. The van der Waals surface area contributed by atoms with Crippen LogP contribution in [0.3, 0.4) is 0 Å². The molecule has 2 N–H and O–H groups in total. The molecule has 2 unspecified atom stereocenters. The maximum absolute atomic E-state index is 12.0. The van der Waals surface area contributed by atoms with Gasteiger partial charge >= 0.3 is 6.61 Å². The van der Waals surface area contributed by atoms with E-state index in [1.165, 1.54) is 0 Å². The fourth-order valence-electron chi connectivity index (χ4n) is 2.47. The number of rotatable bonds is 5. The zero-order valence-corrected chi connectivity index (χ0v) is 12.3. The van der Waals surface area contributed by atoms with Crippen LogP contribution in [0.2, 0.25) is 0 Å². The van der Waals surface area contributed by atoms with Gasteiger partial charge in [0.05, 0.1) is 0 Å². The quantitative estimate of drug-likeness (QED) is 0.909. The van der Waals surface area contributed by atoms with Crippen LogP contribution in [-0.4, -0.2) is 30.6 Å². The highest BCUT2D eigenvalue weighted by atomic mass is 35.5. The number of likely N-dealkylation sites (tertiary alicyclic amines) is 1. The molecule has 1 fully saturated rings. The lowest BCUT2D eigenvalue weighted by molar-refractivity contribution is -0.0498. The Balaban J connectivity index is 0.00000200. The third-order valence-corrected chi connectivity index (χ3v) is 3.61. The molecule has 2 rings (SSSR count). The molecular formula is C14H21ClF2N2O. The molecular weight excluding hydrogens is 286 g/mol. The molecule has 1 aromatic carbocycles. The first kappa shape index (κ1) is 17.1. The number of ether oxygens (including phenoxy) is 1. The Morgan fingerprint density at radius 1 is 1.35 bits per heavy atom. The van der Waals surface area contributed by atoms with Crippen LogP contribution < -0.4 is 10.5 Å². The smallest absolute Gasteiger partial charge is 0.387 e. The van der Waals surface area contributed by atoms with Crippen molar-refractivity contribution in [1.29, 1.82) is 0 Å². The molecule has 3 nitrogen and oxygen atoms in total. The summed E-state index contributed by atoms with van der Waals surface area (Å²) in [5.41, 5.74) is 7.01. The van der Waals surface area contributed by atoms with Crippen molar-refractivity contribution < 1.29 is 13.5 Å². The summed E-state index contributed by atoms with van der Waals surface area (Å²) >= 11 is 0. The summed E-state index contributed by atoms with van der Waals surface area (Å²) in [7, 11) is 0. The summed E-state index contributed by atoms with van der Waals surface area (Å²) in [6.45, 7) is 2.16. The summed E-state index contributed by atoms with van der Waals surface area (Å²) in [6, 6.07) is 7.06. The fraction of sp³-hybridized carbons (Fsp3) is 0.571. The van der Waals surface area contributed by atoms with Crippen LogP contribution in [0.25, 0.3) is 0 Å². The Morgan fingerprint density at radius 3 is 2.50 bits per heavy atom. The molecule has 0 radical (unpaired) electrons. The number of nitrogens with zero attached hydrogens (tertiary/aromatic N) is 1. The highest BCUT2D eigenvalue weighted by Crippen LogP contribution is 2.22. The van der Waals surface area contributed by atoms with Crippen molar-refractivity contribution in [2.24, 2.45) is 11.7 Å². The minimum absolute atomic E-state index is 0. The molecule has 1 aliphatic heterocycles. The zero-order chi connectivity index (χ0) is 13.8. The molecule has 20 heavy (non-hydrogen) atoms. The third-order valence-electron chi connectivity index (χ3n) is 3.61. The number of halogens is 3. The summed E-state index contributed by atoms with van der Waals surface area (Å²) in [4.78, 5) is 2.34. The van der Waals surface area contributed by atoms with Gasteiger partial charge in [0.15, 0.2) is 0 Å². The predicted molar refractivity (Wildman–Crippen MR) is 77.4 cm³/mol. The van der Waals surface area contributed by atoms with Gasteiger partial charge in [0.25, 0.3) is 0 Å². The van der Waals surface area contributed by atoms with Gasteiger partial charge in [0.2, 0.25) is 0 Å². The zero-order valence-electron chi connectivity index (χ0n) is 11.5. The second-order valence-electron chi connectivity index (χ2n) is 5.17. The minimum Gasteiger partial charge on any atom is -0.435 e. The molecule has 0 saturated carbocycles. The molecule has 114 valence electrons. The van der Waals surface area contributed by atoms with Crippen molar-refractivity contribution in [3.05, 3.63) is 29.8 Å². The first-order chi connectivity index (χ1) is 9.04. The van der Waals surface area contributed by atoms with E-state index in [0.717, 1.165) is 31.6 Å². The fourth-order valence-corrected chi connectivity index (χ4v) is 2.47. The van der Waals surface area contributed by atoms with Gasteiger partial charge in [-0.15, -0.1) is 12.4 Å². The molecule has 1 aliphatic rings. The Bertz CT molecular complexity index is 401. The van der Waals surface area contributed by atoms with E-state index >= 15 is 0 Å². The third kappa shape index (κ3) is 4.89. The molecule has 0 aliphatic carbocycles. The topological polar surface area (TPSA) is 38.5 Å². The van der Waals surface area contributed by atoms with Crippen molar-refractivity contribution in [3.63, 3.8) is 0 Å². The number of benzene rings is 1. The summed E-state index contributed by atoms with van der Waals surface area (Å²) in [6.07, 6.45) is 1.13. The maximum Gasteiger partial charge on any atom is 0.387 e. The van der Waals surface area contributed by atoms with Gasteiger partial charge < -0.3 is 10.5 Å². The average molecular weight is 307 g/mol. The van der Waals surface area contributed by atoms with Gasteiger partial charge in [0.1, 0.15) is 5.75 Å². The lowest BCUT2D eigenvalue weighted by atomic mass is 10.0. The first-order valence-electron chi connectivity index (χ1n) is 6.56. The van der Waals surface area contributed by atoms with Crippen LogP contribution in [0.1, 0.15) is 18.9 Å². The SMILES string of the molecule is CC(N)C1CCN(Cc2ccc(OC(F)F)cc2)C1.Cl. The van der Waals surface area contributed by atoms with Crippen molar-refractivity contribution in [2.45, 2.75) is 32.5 Å². The van der Waals surface area contributed by atoms with E-state index in [2.05, 4.69) is 9.64 Å². The predicted octanol–water partition coefficient (Wildman–Crippen LogP) is 2.88. The van der Waals surface area contributed by atoms with Gasteiger partial charge in [-0.3, -0.25) is 4.90 Å². The second kappa shape index (κ2) is 7.76. The molecule has 0 amide bonds. The monoisotopic (exact) mass is 306 g/mol. The lowest BCUT2D eigenvalue weighted by Crippen LogP contribution is -2.29. The highest BCUT2D eigenvalue weighted by Gasteiger charge is 2.24. The van der Waals surface area contributed by atoms with Crippen molar-refractivity contribution in [3.8, 4) is 5.75 Å². The lowest BCUT2D eigenvalue weighted by Gasteiger charge is -2.18. The molecule has 6 heteroatoms. The largest absolute Gasteiger partial charge is 0.435 e. The molecule has 1 aromatic rings. The van der Waals surface area contributed by atoms with Gasteiger partial charge in [-0.25, -0.2) is 0 Å². The number of nitrogens with two attached hydrogens (primary N) is 1.